The number of allylic oxidation sites excluding steroid dienone is 6. The molecule has 5 nitrogen and oxygen atoms in total. The van der Waals surface area contributed by atoms with Crippen LogP contribution in [0, 0.1) is 23.2 Å². The van der Waals surface area contributed by atoms with E-state index < -0.39 is 28.7 Å². The molecule has 0 aliphatic heterocycles. The van der Waals surface area contributed by atoms with E-state index in [1.54, 1.807) is 11.6 Å². The van der Waals surface area contributed by atoms with Crippen LogP contribution in [-0.4, -0.2) is 53.1 Å². The van der Waals surface area contributed by atoms with Gasteiger partial charge in [-0.05, 0) is 109 Å². The predicted molar refractivity (Wildman–Crippen MR) is 216 cm³/mol. The van der Waals surface area contributed by atoms with Crippen molar-refractivity contribution in [3.05, 3.63) is 71.9 Å². The first-order chi connectivity index (χ1) is 22.9. The van der Waals surface area contributed by atoms with Gasteiger partial charge in [0.1, 0.15) is 0 Å². The summed E-state index contributed by atoms with van der Waals surface area (Å²) in [5, 5.41) is 10.6. The molecule has 1 N–H and O–H groups in total. The Kier molecular flexibility index (Phi) is 14.1. The fourth-order valence-electron chi connectivity index (χ4n) is 8.02. The largest absolute Gasteiger partial charge is 0.466 e. The van der Waals surface area contributed by atoms with Crippen molar-refractivity contribution in [2.75, 3.05) is 7.11 Å². The molecule has 0 aromatic rings. The highest BCUT2D eigenvalue weighted by Gasteiger charge is 2.50. The number of methoxy groups -OCH3 is 1. The summed E-state index contributed by atoms with van der Waals surface area (Å²) in [6.07, 6.45) is 20.2. The average molecular weight is 725 g/mol. The van der Waals surface area contributed by atoms with E-state index in [1.807, 2.05) is 6.08 Å². The van der Waals surface area contributed by atoms with Gasteiger partial charge >= 0.3 is 5.97 Å². The Morgan fingerprint density at radius 2 is 1.60 bits per heavy atom. The van der Waals surface area contributed by atoms with Gasteiger partial charge in [-0.1, -0.05) is 111 Å². The molecular formula is C43H72O5Si2. The zero-order valence-corrected chi connectivity index (χ0v) is 36.1. The summed E-state index contributed by atoms with van der Waals surface area (Å²) in [7, 11) is -2.64. The molecule has 0 aromatic carbocycles. The van der Waals surface area contributed by atoms with Crippen molar-refractivity contribution < 1.29 is 23.5 Å². The third-order valence-electron chi connectivity index (χ3n) is 13.2. The number of rotatable bonds is 12. The van der Waals surface area contributed by atoms with Crippen molar-refractivity contribution in [1.82, 2.24) is 0 Å². The lowest BCUT2D eigenvalue weighted by molar-refractivity contribution is -0.136. The molecule has 0 heterocycles. The highest BCUT2D eigenvalue weighted by molar-refractivity contribution is 6.74. The number of esters is 1. The van der Waals surface area contributed by atoms with E-state index in [0.717, 1.165) is 18.4 Å². The van der Waals surface area contributed by atoms with Crippen molar-refractivity contribution in [3.8, 4) is 0 Å². The summed E-state index contributed by atoms with van der Waals surface area (Å²) in [6, 6.07) is 0. The zero-order valence-electron chi connectivity index (χ0n) is 34.1. The molecule has 3 aliphatic rings. The third-order valence-corrected chi connectivity index (χ3v) is 22.2. The quantitative estimate of drug-likeness (QED) is 0.0939. The topological polar surface area (TPSA) is 65.0 Å². The minimum absolute atomic E-state index is 0.00832. The van der Waals surface area contributed by atoms with Crippen LogP contribution in [0.2, 0.25) is 36.3 Å². The number of ether oxygens (including phenoxy) is 1. The second-order valence-corrected chi connectivity index (χ2v) is 28.4. The van der Waals surface area contributed by atoms with Gasteiger partial charge in [0, 0.05) is 18.4 Å². The normalized spacial score (nSPS) is 29.9. The van der Waals surface area contributed by atoms with E-state index in [-0.39, 0.29) is 39.7 Å². The second kappa shape index (κ2) is 16.5. The Balaban J connectivity index is 1.81. The molecule has 1 unspecified atom stereocenters. The van der Waals surface area contributed by atoms with Crippen LogP contribution in [0.1, 0.15) is 107 Å². The van der Waals surface area contributed by atoms with E-state index >= 15 is 0 Å². The summed E-state index contributed by atoms with van der Waals surface area (Å²) in [5.41, 5.74) is 4.59. The fourth-order valence-corrected chi connectivity index (χ4v) is 10.7. The van der Waals surface area contributed by atoms with Crippen molar-refractivity contribution in [3.63, 3.8) is 0 Å². The lowest BCUT2D eigenvalue weighted by atomic mass is 9.61. The zero-order chi connectivity index (χ0) is 37.9. The monoisotopic (exact) mass is 724 g/mol. The maximum atomic E-state index is 11.6. The fraction of sp³-hybridized carbons (Fsp3) is 0.698. The van der Waals surface area contributed by atoms with E-state index in [2.05, 4.69) is 119 Å². The highest BCUT2D eigenvalue weighted by atomic mass is 28.4. The molecular weight excluding hydrogens is 653 g/mol. The molecule has 0 saturated heterocycles. The maximum Gasteiger partial charge on any atom is 0.333 e. The van der Waals surface area contributed by atoms with Crippen LogP contribution in [0.15, 0.2) is 71.9 Å². The van der Waals surface area contributed by atoms with Crippen molar-refractivity contribution >= 4 is 22.6 Å². The lowest BCUT2D eigenvalue weighted by Crippen LogP contribution is -2.49. The first-order valence-corrected chi connectivity index (χ1v) is 25.0. The predicted octanol–water partition coefficient (Wildman–Crippen LogP) is 11.4. The van der Waals surface area contributed by atoms with Crippen LogP contribution in [-0.2, 0) is 18.4 Å². The third kappa shape index (κ3) is 10.2. The molecule has 3 fully saturated rings. The van der Waals surface area contributed by atoms with Crippen LogP contribution in [0.4, 0.5) is 0 Å². The van der Waals surface area contributed by atoms with Gasteiger partial charge in [-0.25, -0.2) is 4.79 Å². The van der Waals surface area contributed by atoms with E-state index in [0.29, 0.717) is 17.8 Å². The minimum atomic E-state index is -2.01. The van der Waals surface area contributed by atoms with E-state index in [4.69, 9.17) is 13.6 Å². The molecule has 7 atom stereocenters. The van der Waals surface area contributed by atoms with Gasteiger partial charge in [0.05, 0.1) is 25.4 Å². The standard InChI is InChI=1S/C43H72O5Si2/c1-30(19-16-17-21-35(44)27-31(2)40(45)46-11)37-24-25-38-33(20-18-26-43(37,38)10)22-23-34-28-36(47-49(12,13)41(4,5)6)29-39(32(34)3)48-50(14,15)42(7,8)9/h16-17,19,21-23,30,35-39,44H,2-3,18,20,24-29H2,1,4-15H3/b19-16+,21-17+,33-22+,34-23-/t30-,35?,36-,37-,38+,39+,43-/m1/s1. The second-order valence-electron chi connectivity index (χ2n) is 18.9. The SMILES string of the molecule is C=C(CC(O)/C=C/C=C/[C@@H](C)[C@H]1CC[C@H]2/C(=C/C=C3/C[C@@H](O[Si](C)(C)C(C)(C)C)C[C@H](O[Si](C)(C)C(C)(C)C)C3=C)CCC[C@]12C)C(=O)OC. The Bertz CT molecular complexity index is 1350. The number of carbonyl (C=O) groups is 1. The minimum Gasteiger partial charge on any atom is -0.466 e. The van der Waals surface area contributed by atoms with Crippen LogP contribution < -0.4 is 0 Å². The van der Waals surface area contributed by atoms with Crippen molar-refractivity contribution in [1.29, 1.82) is 0 Å². The molecule has 3 saturated carbocycles. The Morgan fingerprint density at radius 3 is 2.20 bits per heavy atom. The molecule has 0 bridgehead atoms. The summed E-state index contributed by atoms with van der Waals surface area (Å²) >= 11 is 0. The van der Waals surface area contributed by atoms with Crippen LogP contribution >= 0.6 is 0 Å². The average Bonchev–Trinajstić information content (AvgIpc) is 3.35. The van der Waals surface area contributed by atoms with E-state index in [1.165, 1.54) is 44.8 Å². The summed E-state index contributed by atoms with van der Waals surface area (Å²) in [6.45, 7) is 36.6. The van der Waals surface area contributed by atoms with Gasteiger partial charge in [0.25, 0.3) is 0 Å². The van der Waals surface area contributed by atoms with Crippen molar-refractivity contribution in [2.24, 2.45) is 23.2 Å². The number of carbonyl (C=O) groups excluding carboxylic acids is 1. The maximum absolute atomic E-state index is 11.6. The Hall–Kier alpha value is -1.78. The number of hydrogen-bond acceptors (Lipinski definition) is 5. The molecule has 0 radical (unpaired) electrons. The highest BCUT2D eigenvalue weighted by Crippen LogP contribution is 2.59. The van der Waals surface area contributed by atoms with Crippen LogP contribution in [0.25, 0.3) is 0 Å². The molecule has 3 rings (SSSR count). The molecule has 0 aromatic heterocycles. The number of fused-ring (bicyclic) bond motifs is 1. The molecule has 0 amide bonds. The summed E-state index contributed by atoms with van der Waals surface area (Å²) in [5.74, 6) is 1.14. The lowest BCUT2D eigenvalue weighted by Gasteiger charge is -2.45. The molecule has 50 heavy (non-hydrogen) atoms. The van der Waals surface area contributed by atoms with Crippen molar-refractivity contribution in [2.45, 2.75) is 161 Å². The van der Waals surface area contributed by atoms with Gasteiger partial charge in [0.15, 0.2) is 16.6 Å². The first kappa shape index (κ1) is 42.6. The Labute approximate surface area is 308 Å². The Morgan fingerprint density at radius 1 is 1.00 bits per heavy atom. The molecule has 282 valence electrons. The number of aliphatic hydroxyl groups excluding tert-OH is 1. The molecule has 7 heteroatoms. The molecule has 3 aliphatic carbocycles. The van der Waals surface area contributed by atoms with Crippen LogP contribution in [0.5, 0.6) is 0 Å². The summed E-state index contributed by atoms with van der Waals surface area (Å²) < 4.78 is 18.9. The summed E-state index contributed by atoms with van der Waals surface area (Å²) in [4.78, 5) is 11.6. The van der Waals surface area contributed by atoms with Gasteiger partial charge in [-0.2, -0.15) is 0 Å². The van der Waals surface area contributed by atoms with Gasteiger partial charge < -0.3 is 18.7 Å². The number of hydrogen-bond donors (Lipinski definition) is 1. The smallest absolute Gasteiger partial charge is 0.333 e. The van der Waals surface area contributed by atoms with Gasteiger partial charge in [-0.15, -0.1) is 0 Å². The number of aliphatic hydroxyl groups is 1. The molecule has 0 spiro atoms. The van der Waals surface area contributed by atoms with Gasteiger partial charge in [0.2, 0.25) is 0 Å². The first-order valence-electron chi connectivity index (χ1n) is 19.2. The van der Waals surface area contributed by atoms with Crippen LogP contribution in [0.3, 0.4) is 0 Å². The van der Waals surface area contributed by atoms with Gasteiger partial charge in [-0.3, -0.25) is 0 Å². The van der Waals surface area contributed by atoms with E-state index in [9.17, 15) is 9.90 Å².